The number of hydrogen-bond donors (Lipinski definition) is 0. The average Bonchev–Trinajstić information content (AvgIpc) is 2.89. The van der Waals surface area contributed by atoms with Crippen LogP contribution in [0.3, 0.4) is 0 Å². The fraction of sp³-hybridized carbons (Fsp3) is 0.250. The molecule has 102 valence electrons. The first-order valence-corrected chi connectivity index (χ1v) is 7.83. The van der Waals surface area contributed by atoms with E-state index in [-0.39, 0.29) is 5.91 Å². The zero-order valence-electron chi connectivity index (χ0n) is 11.6. The fourth-order valence-corrected chi connectivity index (χ4v) is 2.92. The number of hydrogen-bond acceptors (Lipinski definition) is 3. The van der Waals surface area contributed by atoms with Gasteiger partial charge in [-0.1, -0.05) is 12.1 Å². The smallest absolute Gasteiger partial charge is 0.258 e. The van der Waals surface area contributed by atoms with Gasteiger partial charge in [-0.2, -0.15) is 0 Å². The van der Waals surface area contributed by atoms with Crippen LogP contribution in [-0.2, 0) is 6.42 Å². The second kappa shape index (κ2) is 5.29. The summed E-state index contributed by atoms with van der Waals surface area (Å²) in [4.78, 5) is 18.8. The predicted octanol–water partition coefficient (Wildman–Crippen LogP) is 3.31. The Bertz CT molecular complexity index is 669. The highest BCUT2D eigenvalue weighted by Gasteiger charge is 2.25. The van der Waals surface area contributed by atoms with Crippen LogP contribution in [0.25, 0.3) is 0 Å². The molecule has 0 radical (unpaired) electrons. The van der Waals surface area contributed by atoms with Crippen LogP contribution in [0, 0.1) is 6.92 Å². The van der Waals surface area contributed by atoms with Gasteiger partial charge in [-0.25, -0.2) is 4.98 Å². The van der Waals surface area contributed by atoms with Crippen LogP contribution in [-0.4, -0.2) is 23.7 Å². The lowest BCUT2D eigenvalue weighted by Gasteiger charge is -2.18. The molecule has 0 aliphatic carbocycles. The SMILES string of the molecule is CSc1cc(C(=O)N2CCc3ccc(C)cc32)ccn1. The quantitative estimate of drug-likeness (QED) is 0.793. The molecule has 0 bridgehead atoms. The van der Waals surface area contributed by atoms with Gasteiger partial charge in [0, 0.05) is 24.0 Å². The molecule has 0 unspecified atom stereocenters. The zero-order chi connectivity index (χ0) is 14.1. The molecule has 2 heterocycles. The Balaban J connectivity index is 1.95. The van der Waals surface area contributed by atoms with Crippen molar-refractivity contribution in [1.29, 1.82) is 0 Å². The molecular weight excluding hydrogens is 268 g/mol. The summed E-state index contributed by atoms with van der Waals surface area (Å²) < 4.78 is 0. The average molecular weight is 284 g/mol. The minimum atomic E-state index is 0.0621. The number of carbonyl (C=O) groups is 1. The summed E-state index contributed by atoms with van der Waals surface area (Å²) in [6, 6.07) is 9.97. The zero-order valence-corrected chi connectivity index (χ0v) is 12.4. The van der Waals surface area contributed by atoms with Crippen molar-refractivity contribution >= 4 is 23.4 Å². The van der Waals surface area contributed by atoms with E-state index >= 15 is 0 Å². The summed E-state index contributed by atoms with van der Waals surface area (Å²) in [5.41, 5.74) is 4.20. The molecule has 0 spiro atoms. The predicted molar refractivity (Wildman–Crippen MR) is 82.6 cm³/mol. The molecule has 3 rings (SSSR count). The summed E-state index contributed by atoms with van der Waals surface area (Å²) in [6.07, 6.45) is 4.60. The van der Waals surface area contributed by atoms with Gasteiger partial charge in [-0.05, 0) is 48.9 Å². The largest absolute Gasteiger partial charge is 0.308 e. The van der Waals surface area contributed by atoms with Crippen molar-refractivity contribution in [3.63, 3.8) is 0 Å². The lowest BCUT2D eigenvalue weighted by atomic mass is 10.1. The Morgan fingerprint density at radius 1 is 1.30 bits per heavy atom. The number of aromatic nitrogens is 1. The summed E-state index contributed by atoms with van der Waals surface area (Å²) in [5, 5.41) is 0.875. The van der Waals surface area contributed by atoms with Crippen molar-refractivity contribution < 1.29 is 4.79 Å². The number of pyridine rings is 1. The number of benzene rings is 1. The molecule has 1 aromatic carbocycles. The maximum absolute atomic E-state index is 12.7. The van der Waals surface area contributed by atoms with Crippen LogP contribution in [0.4, 0.5) is 5.69 Å². The van der Waals surface area contributed by atoms with Gasteiger partial charge >= 0.3 is 0 Å². The number of fused-ring (bicyclic) bond motifs is 1. The molecular formula is C16H16N2OS. The van der Waals surface area contributed by atoms with Crippen molar-refractivity contribution in [2.45, 2.75) is 18.4 Å². The Morgan fingerprint density at radius 3 is 2.95 bits per heavy atom. The molecule has 0 fully saturated rings. The molecule has 20 heavy (non-hydrogen) atoms. The van der Waals surface area contributed by atoms with E-state index < -0.39 is 0 Å². The minimum Gasteiger partial charge on any atom is -0.308 e. The Kier molecular flexibility index (Phi) is 3.49. The molecule has 1 amide bonds. The van der Waals surface area contributed by atoms with E-state index in [0.29, 0.717) is 5.56 Å². The van der Waals surface area contributed by atoms with Crippen molar-refractivity contribution in [3.8, 4) is 0 Å². The van der Waals surface area contributed by atoms with Crippen molar-refractivity contribution in [2.24, 2.45) is 0 Å². The van der Waals surface area contributed by atoms with Crippen molar-refractivity contribution in [2.75, 3.05) is 17.7 Å². The second-order valence-electron chi connectivity index (χ2n) is 4.93. The highest BCUT2D eigenvalue weighted by molar-refractivity contribution is 7.98. The third kappa shape index (κ3) is 2.31. The highest BCUT2D eigenvalue weighted by atomic mass is 32.2. The van der Waals surface area contributed by atoms with Gasteiger partial charge in [0.25, 0.3) is 5.91 Å². The number of anilines is 1. The summed E-state index contributed by atoms with van der Waals surface area (Å²) in [5.74, 6) is 0.0621. The van der Waals surface area contributed by atoms with E-state index in [1.54, 1.807) is 24.0 Å². The lowest BCUT2D eigenvalue weighted by Crippen LogP contribution is -2.28. The standard InChI is InChI=1S/C16H16N2OS/c1-11-3-4-12-6-8-18(14(12)9-11)16(19)13-5-7-17-15(10-13)20-2/h3-5,7,9-10H,6,8H2,1-2H3. The molecule has 1 aromatic heterocycles. The number of carbonyl (C=O) groups excluding carboxylic acids is 1. The molecule has 3 nitrogen and oxygen atoms in total. The van der Waals surface area contributed by atoms with E-state index in [2.05, 4.69) is 30.1 Å². The summed E-state index contributed by atoms with van der Waals surface area (Å²) in [7, 11) is 0. The van der Waals surface area contributed by atoms with E-state index in [1.807, 2.05) is 17.2 Å². The number of nitrogens with zero attached hydrogens (tertiary/aromatic N) is 2. The van der Waals surface area contributed by atoms with Gasteiger partial charge in [0.15, 0.2) is 0 Å². The molecule has 4 heteroatoms. The first-order valence-electron chi connectivity index (χ1n) is 6.60. The minimum absolute atomic E-state index is 0.0621. The number of thioether (sulfide) groups is 1. The van der Waals surface area contributed by atoms with Crippen LogP contribution in [0.1, 0.15) is 21.5 Å². The molecule has 1 aliphatic heterocycles. The summed E-state index contributed by atoms with van der Waals surface area (Å²) >= 11 is 1.55. The van der Waals surface area contributed by atoms with Crippen LogP contribution in [0.2, 0.25) is 0 Å². The highest BCUT2D eigenvalue weighted by Crippen LogP contribution is 2.30. The maximum atomic E-state index is 12.7. The van der Waals surface area contributed by atoms with E-state index in [0.717, 1.165) is 23.7 Å². The van der Waals surface area contributed by atoms with Crippen LogP contribution < -0.4 is 4.90 Å². The van der Waals surface area contributed by atoms with Crippen LogP contribution >= 0.6 is 11.8 Å². The van der Waals surface area contributed by atoms with Gasteiger partial charge in [0.2, 0.25) is 0 Å². The van der Waals surface area contributed by atoms with Gasteiger partial charge in [-0.15, -0.1) is 11.8 Å². The third-order valence-corrected chi connectivity index (χ3v) is 4.21. The second-order valence-corrected chi connectivity index (χ2v) is 5.75. The molecule has 1 aliphatic rings. The number of aryl methyl sites for hydroxylation is 1. The molecule has 0 saturated carbocycles. The fourth-order valence-electron chi connectivity index (χ4n) is 2.51. The molecule has 2 aromatic rings. The van der Waals surface area contributed by atoms with E-state index in [4.69, 9.17) is 0 Å². The third-order valence-electron chi connectivity index (χ3n) is 3.57. The Hall–Kier alpha value is -1.81. The van der Waals surface area contributed by atoms with Gasteiger partial charge < -0.3 is 4.90 Å². The van der Waals surface area contributed by atoms with E-state index in [1.165, 1.54) is 11.1 Å². The Labute approximate surface area is 123 Å². The normalized spacial score (nSPS) is 13.4. The van der Waals surface area contributed by atoms with Crippen LogP contribution in [0.15, 0.2) is 41.6 Å². The number of amides is 1. The monoisotopic (exact) mass is 284 g/mol. The van der Waals surface area contributed by atoms with Crippen LogP contribution in [0.5, 0.6) is 0 Å². The van der Waals surface area contributed by atoms with Crippen molar-refractivity contribution in [1.82, 2.24) is 4.98 Å². The molecule has 0 saturated heterocycles. The molecule has 0 N–H and O–H groups in total. The van der Waals surface area contributed by atoms with Gasteiger partial charge in [-0.3, -0.25) is 4.79 Å². The first kappa shape index (κ1) is 13.2. The first-order chi connectivity index (χ1) is 9.69. The number of rotatable bonds is 2. The maximum Gasteiger partial charge on any atom is 0.258 e. The lowest BCUT2D eigenvalue weighted by molar-refractivity contribution is 0.0989. The van der Waals surface area contributed by atoms with Crippen molar-refractivity contribution in [3.05, 3.63) is 53.2 Å². The van der Waals surface area contributed by atoms with Gasteiger partial charge in [0.1, 0.15) is 0 Å². The Morgan fingerprint density at radius 2 is 2.15 bits per heavy atom. The topological polar surface area (TPSA) is 33.2 Å². The van der Waals surface area contributed by atoms with E-state index in [9.17, 15) is 4.79 Å². The summed E-state index contributed by atoms with van der Waals surface area (Å²) in [6.45, 7) is 2.81. The molecule has 0 atom stereocenters. The van der Waals surface area contributed by atoms with Gasteiger partial charge in [0.05, 0.1) is 5.03 Å².